The van der Waals surface area contributed by atoms with Crippen LogP contribution in [0.2, 0.25) is 0 Å². The molecule has 3 rings (SSSR count). The maximum absolute atomic E-state index is 12.6. The van der Waals surface area contributed by atoms with Crippen molar-refractivity contribution in [3.05, 3.63) is 71.2 Å². The molecule has 3 aromatic rings. The molecular formula is C19H18F2N4. The molecule has 128 valence electrons. The van der Waals surface area contributed by atoms with E-state index in [0.717, 1.165) is 28.2 Å². The van der Waals surface area contributed by atoms with Gasteiger partial charge in [0, 0.05) is 41.3 Å². The van der Waals surface area contributed by atoms with Gasteiger partial charge in [-0.1, -0.05) is 24.3 Å². The van der Waals surface area contributed by atoms with E-state index in [1.165, 1.54) is 12.1 Å². The minimum Gasteiger partial charge on any atom is -0.366 e. The van der Waals surface area contributed by atoms with E-state index in [9.17, 15) is 8.78 Å². The molecule has 1 N–H and O–H groups in total. The van der Waals surface area contributed by atoms with Crippen molar-refractivity contribution in [1.29, 1.82) is 0 Å². The maximum Gasteiger partial charge on any atom is 0.263 e. The van der Waals surface area contributed by atoms with Crippen molar-refractivity contribution in [1.82, 2.24) is 15.0 Å². The Balaban J connectivity index is 1.81. The van der Waals surface area contributed by atoms with Crippen molar-refractivity contribution in [3.8, 4) is 11.4 Å². The molecule has 0 aliphatic carbocycles. The summed E-state index contributed by atoms with van der Waals surface area (Å²) in [7, 11) is 0. The summed E-state index contributed by atoms with van der Waals surface area (Å²) < 4.78 is 25.2. The summed E-state index contributed by atoms with van der Waals surface area (Å²) in [6.07, 6.45) is 0.952. The third kappa shape index (κ3) is 3.96. The molecule has 1 aromatic carbocycles. The Kier molecular flexibility index (Phi) is 4.97. The fraction of sp³-hybridized carbons (Fsp3) is 0.211. The van der Waals surface area contributed by atoms with Gasteiger partial charge in [0.25, 0.3) is 6.43 Å². The number of aryl methyl sites for hydroxylation is 1. The Morgan fingerprint density at radius 1 is 0.960 bits per heavy atom. The van der Waals surface area contributed by atoms with Gasteiger partial charge in [0.15, 0.2) is 5.82 Å². The van der Waals surface area contributed by atoms with Crippen LogP contribution in [0.5, 0.6) is 0 Å². The Bertz CT molecular complexity index is 849. The minimum absolute atomic E-state index is 0.0257. The topological polar surface area (TPSA) is 50.7 Å². The van der Waals surface area contributed by atoms with E-state index in [2.05, 4.69) is 20.3 Å². The molecule has 0 aliphatic heterocycles. The predicted molar refractivity (Wildman–Crippen MR) is 93.5 cm³/mol. The minimum atomic E-state index is -2.45. The summed E-state index contributed by atoms with van der Waals surface area (Å²) in [5.74, 6) is 1.36. The predicted octanol–water partition coefficient (Wildman–Crippen LogP) is 4.71. The number of halogens is 2. The summed E-state index contributed by atoms with van der Waals surface area (Å²) in [5.41, 5.74) is 3.67. The quantitative estimate of drug-likeness (QED) is 0.731. The van der Waals surface area contributed by atoms with Crippen molar-refractivity contribution >= 4 is 5.82 Å². The summed E-state index contributed by atoms with van der Waals surface area (Å²) in [4.78, 5) is 13.1. The lowest BCUT2D eigenvalue weighted by atomic mass is 10.1. The molecular weight excluding hydrogens is 322 g/mol. The number of hydrogen-bond donors (Lipinski definition) is 1. The molecule has 4 nitrogen and oxygen atoms in total. The molecule has 0 spiro atoms. The largest absolute Gasteiger partial charge is 0.366 e. The Hall–Kier alpha value is -2.89. The molecule has 0 fully saturated rings. The van der Waals surface area contributed by atoms with Gasteiger partial charge in [0.05, 0.1) is 0 Å². The fourth-order valence-electron chi connectivity index (χ4n) is 2.40. The second-order valence-corrected chi connectivity index (χ2v) is 5.74. The van der Waals surface area contributed by atoms with Crippen molar-refractivity contribution in [3.63, 3.8) is 0 Å². The fourth-order valence-corrected chi connectivity index (χ4v) is 2.40. The van der Waals surface area contributed by atoms with Gasteiger partial charge in [-0.2, -0.15) is 0 Å². The van der Waals surface area contributed by atoms with Gasteiger partial charge in [-0.3, -0.25) is 4.98 Å². The van der Waals surface area contributed by atoms with Crippen LogP contribution in [0.1, 0.15) is 28.8 Å². The number of nitrogens with one attached hydrogen (secondary N) is 1. The highest BCUT2D eigenvalue weighted by atomic mass is 19.3. The van der Waals surface area contributed by atoms with Crippen LogP contribution in [0.15, 0.2) is 48.8 Å². The Morgan fingerprint density at radius 2 is 1.64 bits per heavy atom. The highest BCUT2D eigenvalue weighted by Gasteiger charge is 2.10. The van der Waals surface area contributed by atoms with Gasteiger partial charge in [0.1, 0.15) is 5.82 Å². The lowest BCUT2D eigenvalue weighted by Gasteiger charge is -2.13. The van der Waals surface area contributed by atoms with Crippen molar-refractivity contribution in [2.45, 2.75) is 26.8 Å². The van der Waals surface area contributed by atoms with Gasteiger partial charge in [-0.05, 0) is 31.5 Å². The van der Waals surface area contributed by atoms with Crippen LogP contribution >= 0.6 is 0 Å². The number of hydrogen-bond acceptors (Lipinski definition) is 4. The van der Waals surface area contributed by atoms with Crippen LogP contribution in [0.25, 0.3) is 11.4 Å². The Labute approximate surface area is 145 Å². The SMILES string of the molecule is Cc1nc(-c2ccncc2)nc(NCc2ccc(C(F)F)cc2)c1C. The van der Waals surface area contributed by atoms with E-state index in [4.69, 9.17) is 0 Å². The number of alkyl halides is 2. The van der Waals surface area contributed by atoms with Crippen LogP contribution in [-0.4, -0.2) is 15.0 Å². The number of rotatable bonds is 5. The van der Waals surface area contributed by atoms with Gasteiger partial charge >= 0.3 is 0 Å². The number of pyridine rings is 1. The number of aromatic nitrogens is 3. The second-order valence-electron chi connectivity index (χ2n) is 5.74. The number of nitrogens with zero attached hydrogens (tertiary/aromatic N) is 3. The molecule has 0 atom stereocenters. The highest BCUT2D eigenvalue weighted by Crippen LogP contribution is 2.22. The van der Waals surface area contributed by atoms with Gasteiger partial charge < -0.3 is 5.32 Å². The zero-order valence-electron chi connectivity index (χ0n) is 14.0. The Morgan fingerprint density at radius 3 is 2.28 bits per heavy atom. The summed E-state index contributed by atoms with van der Waals surface area (Å²) in [5, 5.41) is 3.27. The standard InChI is InChI=1S/C19H18F2N4/c1-12-13(2)24-19(16-7-9-22-10-8-16)25-18(12)23-11-14-3-5-15(6-4-14)17(20)21/h3-10,17H,11H2,1-2H3,(H,23,24,25). The van der Waals surface area contributed by atoms with Crippen LogP contribution in [0, 0.1) is 13.8 Å². The summed E-state index contributed by atoms with van der Waals surface area (Å²) in [6.45, 7) is 4.38. The molecule has 6 heteroatoms. The van der Waals surface area contributed by atoms with E-state index in [1.807, 2.05) is 26.0 Å². The average molecular weight is 340 g/mol. The molecule has 0 unspecified atom stereocenters. The van der Waals surface area contributed by atoms with E-state index < -0.39 is 6.43 Å². The number of benzene rings is 1. The normalized spacial score (nSPS) is 10.9. The molecule has 0 saturated heterocycles. The molecule has 25 heavy (non-hydrogen) atoms. The smallest absolute Gasteiger partial charge is 0.263 e. The molecule has 0 radical (unpaired) electrons. The average Bonchev–Trinajstić information content (AvgIpc) is 2.64. The number of anilines is 1. The van der Waals surface area contributed by atoms with Crippen molar-refractivity contribution in [2.75, 3.05) is 5.32 Å². The molecule has 0 amide bonds. The molecule has 2 heterocycles. The van der Waals surface area contributed by atoms with Crippen molar-refractivity contribution in [2.24, 2.45) is 0 Å². The zero-order valence-corrected chi connectivity index (χ0v) is 14.0. The lowest BCUT2D eigenvalue weighted by molar-refractivity contribution is 0.151. The van der Waals surface area contributed by atoms with Gasteiger partial charge in [-0.15, -0.1) is 0 Å². The van der Waals surface area contributed by atoms with Crippen LogP contribution < -0.4 is 5.32 Å². The van der Waals surface area contributed by atoms with E-state index >= 15 is 0 Å². The van der Waals surface area contributed by atoms with E-state index in [-0.39, 0.29) is 5.56 Å². The van der Waals surface area contributed by atoms with Crippen LogP contribution in [-0.2, 0) is 6.54 Å². The van der Waals surface area contributed by atoms with Gasteiger partial charge in [0.2, 0.25) is 0 Å². The molecule has 2 aromatic heterocycles. The van der Waals surface area contributed by atoms with Crippen LogP contribution in [0.3, 0.4) is 0 Å². The third-order valence-electron chi connectivity index (χ3n) is 4.02. The summed E-state index contributed by atoms with van der Waals surface area (Å²) in [6, 6.07) is 10.0. The lowest BCUT2D eigenvalue weighted by Crippen LogP contribution is -2.07. The van der Waals surface area contributed by atoms with Crippen molar-refractivity contribution < 1.29 is 8.78 Å². The maximum atomic E-state index is 12.6. The highest BCUT2D eigenvalue weighted by molar-refractivity contribution is 5.59. The first-order valence-corrected chi connectivity index (χ1v) is 7.91. The second kappa shape index (κ2) is 7.34. The molecule has 0 aliphatic rings. The first-order chi connectivity index (χ1) is 12.0. The third-order valence-corrected chi connectivity index (χ3v) is 4.02. The van der Waals surface area contributed by atoms with Crippen LogP contribution in [0.4, 0.5) is 14.6 Å². The first-order valence-electron chi connectivity index (χ1n) is 7.91. The van der Waals surface area contributed by atoms with E-state index in [1.54, 1.807) is 24.5 Å². The van der Waals surface area contributed by atoms with E-state index in [0.29, 0.717) is 12.4 Å². The first kappa shape index (κ1) is 17.0. The summed E-state index contributed by atoms with van der Waals surface area (Å²) >= 11 is 0. The molecule has 0 saturated carbocycles. The molecule has 0 bridgehead atoms. The zero-order chi connectivity index (χ0) is 17.8. The monoisotopic (exact) mass is 340 g/mol. The van der Waals surface area contributed by atoms with Gasteiger partial charge in [-0.25, -0.2) is 18.7 Å².